The van der Waals surface area contributed by atoms with E-state index in [9.17, 15) is 18.0 Å². The van der Waals surface area contributed by atoms with Crippen LogP contribution in [0.1, 0.15) is 11.1 Å². The Labute approximate surface area is 141 Å². The number of para-hydroxylation sites is 1. The first-order chi connectivity index (χ1) is 11.8. The van der Waals surface area contributed by atoms with Crippen LogP contribution in [-0.4, -0.2) is 23.4 Å². The van der Waals surface area contributed by atoms with Gasteiger partial charge in [0.15, 0.2) is 0 Å². The van der Waals surface area contributed by atoms with Crippen LogP contribution < -0.4 is 9.47 Å². The fourth-order valence-corrected chi connectivity index (χ4v) is 2.53. The Kier molecular flexibility index (Phi) is 4.16. The summed E-state index contributed by atoms with van der Waals surface area (Å²) in [4.78, 5) is 11.1. The average Bonchev–Trinajstić information content (AvgIpc) is 2.56. The maximum Gasteiger partial charge on any atom is 0.430 e. The molecule has 2 aromatic carbocycles. The molecular formula is C18H13F3O4. The van der Waals surface area contributed by atoms with Crippen molar-refractivity contribution in [2.75, 3.05) is 0 Å². The van der Waals surface area contributed by atoms with Crippen molar-refractivity contribution in [1.82, 2.24) is 0 Å². The molecule has 0 fully saturated rings. The normalized spacial score (nSPS) is 16.5. The fourth-order valence-electron chi connectivity index (χ4n) is 2.53. The van der Waals surface area contributed by atoms with E-state index in [1.807, 2.05) is 6.07 Å². The Bertz CT molecular complexity index is 841. The zero-order valence-corrected chi connectivity index (χ0v) is 13.0. The van der Waals surface area contributed by atoms with Crippen LogP contribution in [0.4, 0.5) is 13.2 Å². The van der Waals surface area contributed by atoms with Crippen molar-refractivity contribution in [3.8, 4) is 17.2 Å². The monoisotopic (exact) mass is 350 g/mol. The van der Waals surface area contributed by atoms with Gasteiger partial charge in [0.05, 0.1) is 5.57 Å². The van der Waals surface area contributed by atoms with Crippen molar-refractivity contribution < 1.29 is 32.5 Å². The summed E-state index contributed by atoms with van der Waals surface area (Å²) in [7, 11) is 0. The molecule has 7 heteroatoms. The van der Waals surface area contributed by atoms with Crippen LogP contribution in [0.2, 0.25) is 0 Å². The van der Waals surface area contributed by atoms with Gasteiger partial charge in [-0.3, -0.25) is 0 Å². The fraction of sp³-hybridized carbons (Fsp3) is 0.167. The van der Waals surface area contributed by atoms with E-state index in [1.54, 1.807) is 37.3 Å². The van der Waals surface area contributed by atoms with E-state index in [4.69, 9.17) is 14.6 Å². The van der Waals surface area contributed by atoms with Crippen molar-refractivity contribution in [3.05, 3.63) is 59.2 Å². The zero-order chi connectivity index (χ0) is 18.2. The number of carboxylic acids is 1. The summed E-state index contributed by atoms with van der Waals surface area (Å²) in [6.45, 7) is 1.56. The van der Waals surface area contributed by atoms with Crippen LogP contribution >= 0.6 is 0 Å². The minimum Gasteiger partial charge on any atom is -0.478 e. The van der Waals surface area contributed by atoms with Crippen LogP contribution in [0.15, 0.2) is 48.0 Å². The number of hydrogen-bond acceptors (Lipinski definition) is 3. The number of alkyl halides is 3. The van der Waals surface area contributed by atoms with E-state index in [2.05, 4.69) is 0 Å². The molecule has 4 nitrogen and oxygen atoms in total. The first kappa shape index (κ1) is 16.9. The molecule has 1 N–H and O–H groups in total. The van der Waals surface area contributed by atoms with Gasteiger partial charge in [-0.15, -0.1) is 0 Å². The molecule has 1 heterocycles. The number of carboxylic acid groups (broad SMARTS) is 1. The second-order valence-corrected chi connectivity index (χ2v) is 5.47. The predicted molar refractivity (Wildman–Crippen MR) is 83.8 cm³/mol. The van der Waals surface area contributed by atoms with Gasteiger partial charge in [-0.2, -0.15) is 13.2 Å². The second-order valence-electron chi connectivity index (χ2n) is 5.47. The lowest BCUT2D eigenvalue weighted by molar-refractivity contribution is -0.187. The number of aliphatic carboxylic acids is 1. The number of rotatable bonds is 3. The number of hydrogen-bond donors (Lipinski definition) is 1. The van der Waals surface area contributed by atoms with Gasteiger partial charge in [0.25, 0.3) is 0 Å². The third kappa shape index (κ3) is 3.31. The second kappa shape index (κ2) is 6.16. The van der Waals surface area contributed by atoms with Gasteiger partial charge in [-0.05, 0) is 37.3 Å². The van der Waals surface area contributed by atoms with E-state index >= 15 is 0 Å². The van der Waals surface area contributed by atoms with E-state index < -0.39 is 23.8 Å². The molecule has 1 unspecified atom stereocenters. The molecule has 25 heavy (non-hydrogen) atoms. The van der Waals surface area contributed by atoms with Crippen molar-refractivity contribution in [3.63, 3.8) is 0 Å². The van der Waals surface area contributed by atoms with E-state index in [1.165, 1.54) is 6.07 Å². The summed E-state index contributed by atoms with van der Waals surface area (Å²) in [5.41, 5.74) is -0.233. The smallest absolute Gasteiger partial charge is 0.430 e. The largest absolute Gasteiger partial charge is 0.478 e. The predicted octanol–water partition coefficient (Wildman–Crippen LogP) is 4.58. The summed E-state index contributed by atoms with van der Waals surface area (Å²) in [5, 5.41) is 9.04. The van der Waals surface area contributed by atoms with Gasteiger partial charge in [-0.25, -0.2) is 4.79 Å². The van der Waals surface area contributed by atoms with Crippen molar-refractivity contribution in [1.29, 1.82) is 0 Å². The van der Waals surface area contributed by atoms with Gasteiger partial charge < -0.3 is 14.6 Å². The number of fused-ring (bicyclic) bond motifs is 1. The number of benzene rings is 2. The molecule has 0 saturated carbocycles. The Morgan fingerprint density at radius 3 is 2.44 bits per heavy atom. The Hall–Kier alpha value is -2.96. The van der Waals surface area contributed by atoms with Crippen LogP contribution in [-0.2, 0) is 4.79 Å². The van der Waals surface area contributed by atoms with Crippen molar-refractivity contribution in [2.45, 2.75) is 19.2 Å². The maximum atomic E-state index is 13.2. The number of carbonyl (C=O) groups is 1. The van der Waals surface area contributed by atoms with Gasteiger partial charge in [0.1, 0.15) is 17.2 Å². The average molecular weight is 350 g/mol. The lowest BCUT2D eigenvalue weighted by atomic mass is 9.99. The molecule has 0 amide bonds. The maximum absolute atomic E-state index is 13.2. The quantitative estimate of drug-likeness (QED) is 0.880. The first-order valence-corrected chi connectivity index (χ1v) is 7.32. The summed E-state index contributed by atoms with van der Waals surface area (Å²) in [6, 6.07) is 11.8. The highest BCUT2D eigenvalue weighted by Gasteiger charge is 2.48. The zero-order valence-electron chi connectivity index (χ0n) is 13.0. The molecule has 3 rings (SSSR count). The Morgan fingerprint density at radius 2 is 1.84 bits per heavy atom. The SMILES string of the molecule is Cc1c(Oc2ccccc2)ccc2c1OC(C(F)(F)F)C(C(=O)O)=C2. The summed E-state index contributed by atoms with van der Waals surface area (Å²) in [6.07, 6.45) is -6.38. The molecule has 130 valence electrons. The minimum atomic E-state index is -4.84. The van der Waals surface area contributed by atoms with Crippen LogP contribution in [0, 0.1) is 6.92 Å². The van der Waals surface area contributed by atoms with Crippen LogP contribution in [0.3, 0.4) is 0 Å². The lowest BCUT2D eigenvalue weighted by Gasteiger charge is -2.28. The van der Waals surface area contributed by atoms with Gasteiger partial charge >= 0.3 is 12.1 Å². The summed E-state index contributed by atoms with van der Waals surface area (Å²) < 4.78 is 50.2. The van der Waals surface area contributed by atoms with E-state index in [0.29, 0.717) is 17.1 Å². The molecule has 0 bridgehead atoms. The van der Waals surface area contributed by atoms with E-state index in [0.717, 1.165) is 6.08 Å². The van der Waals surface area contributed by atoms with Gasteiger partial charge in [-0.1, -0.05) is 18.2 Å². The molecule has 0 spiro atoms. The van der Waals surface area contributed by atoms with Crippen LogP contribution in [0.25, 0.3) is 6.08 Å². The molecule has 0 aliphatic carbocycles. The third-order valence-electron chi connectivity index (χ3n) is 3.73. The van der Waals surface area contributed by atoms with Crippen molar-refractivity contribution in [2.24, 2.45) is 0 Å². The number of ether oxygens (including phenoxy) is 2. The molecule has 0 aromatic heterocycles. The first-order valence-electron chi connectivity index (χ1n) is 7.32. The molecule has 2 aromatic rings. The topological polar surface area (TPSA) is 55.8 Å². The highest BCUT2D eigenvalue weighted by Crippen LogP contribution is 2.42. The Morgan fingerprint density at radius 1 is 1.16 bits per heavy atom. The molecule has 0 radical (unpaired) electrons. The highest BCUT2D eigenvalue weighted by molar-refractivity contribution is 5.95. The molecule has 0 saturated heterocycles. The van der Waals surface area contributed by atoms with E-state index in [-0.39, 0.29) is 11.3 Å². The van der Waals surface area contributed by atoms with Crippen molar-refractivity contribution >= 4 is 12.0 Å². The standard InChI is InChI=1S/C18H13F3O4/c1-10-14(24-12-5-3-2-4-6-12)8-7-11-9-13(17(22)23)16(18(19,20)21)25-15(10)11/h2-9,16H,1H3,(H,22,23). The molecule has 1 aliphatic heterocycles. The minimum absolute atomic E-state index is 0.0410. The van der Waals surface area contributed by atoms with Crippen LogP contribution in [0.5, 0.6) is 17.2 Å². The number of halogens is 3. The molecular weight excluding hydrogens is 337 g/mol. The highest BCUT2D eigenvalue weighted by atomic mass is 19.4. The third-order valence-corrected chi connectivity index (χ3v) is 3.73. The summed E-state index contributed by atoms with van der Waals surface area (Å²) in [5.74, 6) is -0.857. The lowest BCUT2D eigenvalue weighted by Crippen LogP contribution is -2.40. The molecule has 1 aliphatic rings. The van der Waals surface area contributed by atoms with Gasteiger partial charge in [0.2, 0.25) is 6.10 Å². The summed E-state index contributed by atoms with van der Waals surface area (Å²) >= 11 is 0. The van der Waals surface area contributed by atoms with Gasteiger partial charge in [0, 0.05) is 11.1 Å². The molecule has 1 atom stereocenters. The Balaban J connectivity index is 2.03.